The Balaban J connectivity index is 2.09. The molecule has 3 unspecified atom stereocenters. The van der Waals surface area contributed by atoms with Crippen molar-refractivity contribution < 1.29 is 9.53 Å². The van der Waals surface area contributed by atoms with Crippen molar-refractivity contribution in [2.75, 3.05) is 12.3 Å². The summed E-state index contributed by atoms with van der Waals surface area (Å²) in [5.41, 5.74) is 6.98. The molecule has 2 rings (SSSR count). The van der Waals surface area contributed by atoms with Crippen LogP contribution in [-0.2, 0) is 0 Å². The van der Waals surface area contributed by atoms with E-state index in [-0.39, 0.29) is 11.9 Å². The quantitative estimate of drug-likeness (QED) is 0.837. The molecular weight excluding hydrogens is 264 g/mol. The zero-order chi connectivity index (χ0) is 15.4. The fourth-order valence-electron chi connectivity index (χ4n) is 3.04. The predicted octanol–water partition coefficient (Wildman–Crippen LogP) is 3.22. The maximum Gasteiger partial charge on any atom is 0.251 e. The lowest BCUT2D eigenvalue weighted by atomic mass is 9.78. The molecule has 1 amide bonds. The van der Waals surface area contributed by atoms with Crippen LogP contribution in [0.25, 0.3) is 0 Å². The van der Waals surface area contributed by atoms with Crippen LogP contribution < -0.4 is 15.8 Å². The lowest BCUT2D eigenvalue weighted by molar-refractivity contribution is 0.0890. The fraction of sp³-hybridized carbons (Fsp3) is 0.588. The second kappa shape index (κ2) is 6.83. The first kappa shape index (κ1) is 15.7. The largest absolute Gasteiger partial charge is 0.494 e. The van der Waals surface area contributed by atoms with Crippen LogP contribution in [0.3, 0.4) is 0 Å². The molecule has 1 aromatic carbocycles. The van der Waals surface area contributed by atoms with E-state index in [4.69, 9.17) is 10.5 Å². The Bertz CT molecular complexity index is 502. The molecule has 0 spiro atoms. The third-order valence-corrected chi connectivity index (χ3v) is 4.53. The minimum atomic E-state index is -0.0609. The van der Waals surface area contributed by atoms with Crippen LogP contribution in [0.1, 0.15) is 50.4 Å². The van der Waals surface area contributed by atoms with Gasteiger partial charge in [0.25, 0.3) is 5.91 Å². The first-order chi connectivity index (χ1) is 10.0. The zero-order valence-corrected chi connectivity index (χ0v) is 13.2. The summed E-state index contributed by atoms with van der Waals surface area (Å²) in [4.78, 5) is 12.5. The minimum Gasteiger partial charge on any atom is -0.494 e. The lowest BCUT2D eigenvalue weighted by Crippen LogP contribution is -2.43. The van der Waals surface area contributed by atoms with E-state index in [2.05, 4.69) is 19.2 Å². The number of hydrogen-bond acceptors (Lipinski definition) is 3. The van der Waals surface area contributed by atoms with Gasteiger partial charge in [-0.1, -0.05) is 26.7 Å². The summed E-state index contributed by atoms with van der Waals surface area (Å²) in [6, 6.07) is 5.45. The number of amides is 1. The average molecular weight is 290 g/mol. The molecule has 4 nitrogen and oxygen atoms in total. The van der Waals surface area contributed by atoms with Gasteiger partial charge in [-0.05, 0) is 37.3 Å². The number of anilines is 1. The van der Waals surface area contributed by atoms with Gasteiger partial charge in [0, 0.05) is 23.4 Å². The third kappa shape index (κ3) is 3.90. The smallest absolute Gasteiger partial charge is 0.251 e. The van der Waals surface area contributed by atoms with Crippen molar-refractivity contribution >= 4 is 11.6 Å². The monoisotopic (exact) mass is 290 g/mol. The van der Waals surface area contributed by atoms with Crippen LogP contribution in [0.5, 0.6) is 5.75 Å². The van der Waals surface area contributed by atoms with Crippen LogP contribution in [0.2, 0.25) is 0 Å². The van der Waals surface area contributed by atoms with Gasteiger partial charge < -0.3 is 15.8 Å². The molecule has 116 valence electrons. The van der Waals surface area contributed by atoms with Gasteiger partial charge in [-0.2, -0.15) is 0 Å². The summed E-state index contributed by atoms with van der Waals surface area (Å²) >= 11 is 0. The summed E-state index contributed by atoms with van der Waals surface area (Å²) in [5, 5.41) is 3.16. The highest BCUT2D eigenvalue weighted by molar-refractivity contribution is 5.95. The van der Waals surface area contributed by atoms with Crippen molar-refractivity contribution in [1.82, 2.24) is 5.32 Å². The van der Waals surface area contributed by atoms with Gasteiger partial charge in [0.1, 0.15) is 5.75 Å². The molecule has 1 saturated carbocycles. The summed E-state index contributed by atoms with van der Waals surface area (Å²) in [6.07, 6.45) is 3.48. The van der Waals surface area contributed by atoms with Crippen LogP contribution >= 0.6 is 0 Å². The highest BCUT2D eigenvalue weighted by Crippen LogP contribution is 2.30. The van der Waals surface area contributed by atoms with E-state index in [0.717, 1.165) is 6.42 Å². The number of nitrogen functional groups attached to an aromatic ring is 1. The number of rotatable bonds is 4. The molecule has 0 heterocycles. The first-order valence-corrected chi connectivity index (χ1v) is 7.85. The zero-order valence-electron chi connectivity index (χ0n) is 13.2. The fourth-order valence-corrected chi connectivity index (χ4v) is 3.04. The van der Waals surface area contributed by atoms with Crippen LogP contribution in [0.15, 0.2) is 18.2 Å². The second-order valence-corrected chi connectivity index (χ2v) is 6.07. The molecule has 1 aromatic rings. The molecule has 1 aliphatic carbocycles. The molecule has 1 fully saturated rings. The number of carbonyl (C=O) groups is 1. The number of hydrogen-bond donors (Lipinski definition) is 2. The number of nitrogens with one attached hydrogen (secondary N) is 1. The van der Waals surface area contributed by atoms with Crippen molar-refractivity contribution in [2.45, 2.75) is 46.1 Å². The van der Waals surface area contributed by atoms with Crippen molar-refractivity contribution in [2.24, 2.45) is 11.8 Å². The maximum absolute atomic E-state index is 12.5. The predicted molar refractivity (Wildman–Crippen MR) is 85.5 cm³/mol. The SMILES string of the molecule is CCOc1cc(N)cc(C(=O)NC2CCCC(C)C2C)c1. The van der Waals surface area contributed by atoms with Gasteiger partial charge >= 0.3 is 0 Å². The lowest BCUT2D eigenvalue weighted by Gasteiger charge is -2.34. The van der Waals surface area contributed by atoms with E-state index >= 15 is 0 Å². The molecule has 0 radical (unpaired) electrons. The molecule has 3 atom stereocenters. The van der Waals surface area contributed by atoms with E-state index in [1.54, 1.807) is 18.2 Å². The van der Waals surface area contributed by atoms with E-state index in [0.29, 0.717) is 35.4 Å². The van der Waals surface area contributed by atoms with E-state index in [1.165, 1.54) is 12.8 Å². The summed E-state index contributed by atoms with van der Waals surface area (Å²) in [6.45, 7) is 6.95. The molecular formula is C17H26N2O2. The molecule has 0 saturated heterocycles. The van der Waals surface area contributed by atoms with Gasteiger partial charge in [0.15, 0.2) is 0 Å². The van der Waals surface area contributed by atoms with Crippen molar-refractivity contribution in [3.8, 4) is 5.75 Å². The van der Waals surface area contributed by atoms with Crippen LogP contribution in [0.4, 0.5) is 5.69 Å². The third-order valence-electron chi connectivity index (χ3n) is 4.53. The van der Waals surface area contributed by atoms with Gasteiger partial charge in [-0.3, -0.25) is 4.79 Å². The number of carbonyl (C=O) groups excluding carboxylic acids is 1. The minimum absolute atomic E-state index is 0.0609. The molecule has 0 aromatic heterocycles. The van der Waals surface area contributed by atoms with E-state index < -0.39 is 0 Å². The Morgan fingerprint density at radius 3 is 2.81 bits per heavy atom. The molecule has 21 heavy (non-hydrogen) atoms. The average Bonchev–Trinajstić information content (AvgIpc) is 2.43. The Kier molecular flexibility index (Phi) is 5.10. The molecule has 0 aliphatic heterocycles. The Labute approximate surface area is 127 Å². The summed E-state index contributed by atoms with van der Waals surface area (Å²) in [5.74, 6) is 1.75. The Morgan fingerprint density at radius 2 is 2.10 bits per heavy atom. The topological polar surface area (TPSA) is 64.3 Å². The first-order valence-electron chi connectivity index (χ1n) is 7.85. The Morgan fingerprint density at radius 1 is 1.33 bits per heavy atom. The van der Waals surface area contributed by atoms with Crippen molar-refractivity contribution in [3.05, 3.63) is 23.8 Å². The number of benzene rings is 1. The van der Waals surface area contributed by atoms with Gasteiger partial charge in [-0.15, -0.1) is 0 Å². The second-order valence-electron chi connectivity index (χ2n) is 6.07. The Hall–Kier alpha value is -1.71. The van der Waals surface area contributed by atoms with Gasteiger partial charge in [0.2, 0.25) is 0 Å². The van der Waals surface area contributed by atoms with Crippen molar-refractivity contribution in [1.29, 1.82) is 0 Å². The number of nitrogens with two attached hydrogens (primary N) is 1. The van der Waals surface area contributed by atoms with Gasteiger partial charge in [0.05, 0.1) is 6.61 Å². The summed E-state index contributed by atoms with van der Waals surface area (Å²) < 4.78 is 5.45. The maximum atomic E-state index is 12.5. The summed E-state index contributed by atoms with van der Waals surface area (Å²) in [7, 11) is 0. The number of ether oxygens (including phenoxy) is 1. The van der Waals surface area contributed by atoms with Crippen LogP contribution in [-0.4, -0.2) is 18.6 Å². The van der Waals surface area contributed by atoms with Crippen LogP contribution in [0, 0.1) is 11.8 Å². The molecule has 0 bridgehead atoms. The van der Waals surface area contributed by atoms with Crippen molar-refractivity contribution in [3.63, 3.8) is 0 Å². The molecule has 1 aliphatic rings. The van der Waals surface area contributed by atoms with E-state index in [9.17, 15) is 4.79 Å². The normalized spacial score (nSPS) is 25.4. The molecule has 4 heteroatoms. The van der Waals surface area contributed by atoms with E-state index in [1.807, 2.05) is 6.92 Å². The highest BCUT2D eigenvalue weighted by atomic mass is 16.5. The van der Waals surface area contributed by atoms with Gasteiger partial charge in [-0.25, -0.2) is 0 Å². The highest BCUT2D eigenvalue weighted by Gasteiger charge is 2.28. The molecule has 3 N–H and O–H groups in total. The standard InChI is InChI=1S/C17H26N2O2/c1-4-21-15-9-13(8-14(18)10-15)17(20)19-16-7-5-6-11(2)12(16)3/h8-12,16H,4-7,18H2,1-3H3,(H,19,20).